The average molecular weight is 369 g/mol. The summed E-state index contributed by atoms with van der Waals surface area (Å²) in [4.78, 5) is 24.0. The Morgan fingerprint density at radius 2 is 1.96 bits per heavy atom. The van der Waals surface area contributed by atoms with Gasteiger partial charge in [-0.2, -0.15) is 0 Å². The summed E-state index contributed by atoms with van der Waals surface area (Å²) in [5.41, 5.74) is 7.23. The molecule has 0 fully saturated rings. The van der Waals surface area contributed by atoms with Crippen molar-refractivity contribution in [1.82, 2.24) is 20.7 Å². The zero-order chi connectivity index (χ0) is 19.0. The molecular formula is C17H28N4O3S. The van der Waals surface area contributed by atoms with Crippen molar-refractivity contribution in [2.24, 2.45) is 5.92 Å². The minimum absolute atomic E-state index is 0.0820. The van der Waals surface area contributed by atoms with Crippen molar-refractivity contribution in [3.8, 4) is 0 Å². The van der Waals surface area contributed by atoms with Crippen LogP contribution in [0.3, 0.4) is 0 Å². The number of nitrogens with one attached hydrogen (secondary N) is 3. The van der Waals surface area contributed by atoms with E-state index in [0.717, 1.165) is 18.7 Å². The van der Waals surface area contributed by atoms with Crippen LogP contribution in [0.1, 0.15) is 48.9 Å². The summed E-state index contributed by atoms with van der Waals surface area (Å²) in [6, 6.07) is 1.73. The number of carbonyl (C=O) groups excluding carboxylic acids is 2. The van der Waals surface area contributed by atoms with E-state index in [1.807, 2.05) is 6.92 Å². The number of aromatic nitrogens is 1. The number of nitrogens with zero attached hydrogens (tertiary/aromatic N) is 1. The molecule has 0 atom stereocenters. The molecule has 0 aliphatic carbocycles. The maximum atomic E-state index is 12.1. The predicted octanol–water partition coefficient (Wildman–Crippen LogP) is 1.82. The molecule has 25 heavy (non-hydrogen) atoms. The molecule has 0 aromatic carbocycles. The third-order valence-corrected chi connectivity index (χ3v) is 3.94. The van der Waals surface area contributed by atoms with E-state index < -0.39 is 0 Å². The standard InChI is InChI=1S/C17H28N4O3S/c1-6-24-16(23)14-9-12(4)21(13(14)5)10-15(22)19-20-17(25)18-8-7-11(2)3/h9,11H,6-8,10H2,1-5H3,(H,19,22)(H2,18,20,25). The van der Waals surface area contributed by atoms with Crippen LogP contribution in [0.25, 0.3) is 0 Å². The van der Waals surface area contributed by atoms with Crippen LogP contribution in [0.2, 0.25) is 0 Å². The van der Waals surface area contributed by atoms with Crippen LogP contribution in [0, 0.1) is 19.8 Å². The molecule has 1 heterocycles. The molecule has 0 unspecified atom stereocenters. The lowest BCUT2D eigenvalue weighted by Gasteiger charge is -2.14. The van der Waals surface area contributed by atoms with E-state index in [4.69, 9.17) is 17.0 Å². The third-order valence-electron chi connectivity index (χ3n) is 3.69. The van der Waals surface area contributed by atoms with Gasteiger partial charge < -0.3 is 14.6 Å². The lowest BCUT2D eigenvalue weighted by atomic mass is 10.1. The van der Waals surface area contributed by atoms with E-state index in [1.54, 1.807) is 24.5 Å². The van der Waals surface area contributed by atoms with Crippen molar-refractivity contribution in [1.29, 1.82) is 0 Å². The Morgan fingerprint density at radius 1 is 1.28 bits per heavy atom. The van der Waals surface area contributed by atoms with Crippen molar-refractivity contribution in [2.45, 2.75) is 47.6 Å². The molecule has 0 radical (unpaired) electrons. The molecular weight excluding hydrogens is 340 g/mol. The quantitative estimate of drug-likeness (QED) is 0.387. The first-order valence-corrected chi connectivity index (χ1v) is 8.83. The number of aryl methyl sites for hydroxylation is 1. The molecule has 0 saturated carbocycles. The van der Waals surface area contributed by atoms with Crippen molar-refractivity contribution in [3.05, 3.63) is 23.0 Å². The molecule has 0 bridgehead atoms. The number of esters is 1. The van der Waals surface area contributed by atoms with Gasteiger partial charge in [0.05, 0.1) is 12.2 Å². The molecule has 7 nitrogen and oxygen atoms in total. The highest BCUT2D eigenvalue weighted by Crippen LogP contribution is 2.16. The Bertz CT molecular complexity index is 626. The summed E-state index contributed by atoms with van der Waals surface area (Å²) in [5.74, 6) is -0.0562. The van der Waals surface area contributed by atoms with Gasteiger partial charge in [-0.1, -0.05) is 13.8 Å². The maximum Gasteiger partial charge on any atom is 0.339 e. The second-order valence-electron chi connectivity index (χ2n) is 6.20. The predicted molar refractivity (Wildman–Crippen MR) is 101 cm³/mol. The molecule has 140 valence electrons. The van der Waals surface area contributed by atoms with Gasteiger partial charge >= 0.3 is 5.97 Å². The van der Waals surface area contributed by atoms with Gasteiger partial charge in [-0.25, -0.2) is 4.79 Å². The highest BCUT2D eigenvalue weighted by Gasteiger charge is 2.18. The second-order valence-corrected chi connectivity index (χ2v) is 6.61. The van der Waals surface area contributed by atoms with Gasteiger partial charge in [-0.05, 0) is 51.4 Å². The second kappa shape index (κ2) is 10.0. The Hall–Kier alpha value is -2.09. The Labute approximate surface area is 154 Å². The number of hydrogen-bond donors (Lipinski definition) is 3. The summed E-state index contributed by atoms with van der Waals surface area (Å²) >= 11 is 5.10. The Kier molecular flexibility index (Phi) is 8.40. The zero-order valence-corrected chi connectivity index (χ0v) is 16.4. The molecule has 0 saturated heterocycles. The Morgan fingerprint density at radius 3 is 2.56 bits per heavy atom. The van der Waals surface area contributed by atoms with E-state index >= 15 is 0 Å². The van der Waals surface area contributed by atoms with Crippen LogP contribution >= 0.6 is 12.2 Å². The van der Waals surface area contributed by atoms with E-state index in [-0.39, 0.29) is 18.4 Å². The molecule has 1 aromatic rings. The molecule has 8 heteroatoms. The third kappa shape index (κ3) is 6.74. The number of thiocarbonyl (C=S) groups is 1. The van der Waals surface area contributed by atoms with E-state index in [0.29, 0.717) is 28.9 Å². The van der Waals surface area contributed by atoms with Gasteiger partial charge in [0.2, 0.25) is 0 Å². The van der Waals surface area contributed by atoms with Crippen LogP contribution < -0.4 is 16.2 Å². The first-order valence-electron chi connectivity index (χ1n) is 8.42. The maximum absolute atomic E-state index is 12.1. The molecule has 1 amide bonds. The van der Waals surface area contributed by atoms with E-state index in [1.165, 1.54) is 0 Å². The molecule has 1 rings (SSSR count). The lowest BCUT2D eigenvalue weighted by molar-refractivity contribution is -0.122. The highest BCUT2D eigenvalue weighted by atomic mass is 32.1. The fourth-order valence-electron chi connectivity index (χ4n) is 2.29. The topological polar surface area (TPSA) is 84.4 Å². The summed E-state index contributed by atoms with van der Waals surface area (Å²) < 4.78 is 6.79. The first kappa shape index (κ1) is 21.0. The largest absolute Gasteiger partial charge is 0.462 e. The molecule has 0 spiro atoms. The SMILES string of the molecule is CCOC(=O)c1cc(C)n(CC(=O)NNC(=S)NCCC(C)C)c1C. The van der Waals surface area contributed by atoms with Crippen LogP contribution in [0.4, 0.5) is 0 Å². The minimum atomic E-state index is -0.379. The van der Waals surface area contributed by atoms with Gasteiger partial charge in [0.15, 0.2) is 5.11 Å². The fourth-order valence-corrected chi connectivity index (χ4v) is 2.44. The van der Waals surface area contributed by atoms with Crippen molar-refractivity contribution < 1.29 is 14.3 Å². The number of amides is 1. The number of ether oxygens (including phenoxy) is 1. The van der Waals surface area contributed by atoms with Gasteiger partial charge in [0.1, 0.15) is 6.54 Å². The minimum Gasteiger partial charge on any atom is -0.462 e. The smallest absolute Gasteiger partial charge is 0.339 e. The monoisotopic (exact) mass is 368 g/mol. The van der Waals surface area contributed by atoms with Gasteiger partial charge in [-0.15, -0.1) is 0 Å². The van der Waals surface area contributed by atoms with Crippen molar-refractivity contribution in [2.75, 3.05) is 13.2 Å². The van der Waals surface area contributed by atoms with Gasteiger partial charge in [-0.3, -0.25) is 15.6 Å². The molecule has 1 aromatic heterocycles. The van der Waals surface area contributed by atoms with Crippen LogP contribution in [0.5, 0.6) is 0 Å². The van der Waals surface area contributed by atoms with Crippen LogP contribution in [0.15, 0.2) is 6.07 Å². The number of hydrazine groups is 1. The molecule has 3 N–H and O–H groups in total. The van der Waals surface area contributed by atoms with Crippen LogP contribution in [-0.2, 0) is 16.1 Å². The zero-order valence-electron chi connectivity index (χ0n) is 15.6. The lowest BCUT2D eigenvalue weighted by Crippen LogP contribution is -2.48. The number of hydrogen-bond acceptors (Lipinski definition) is 4. The summed E-state index contributed by atoms with van der Waals surface area (Å²) in [5, 5.41) is 3.40. The highest BCUT2D eigenvalue weighted by molar-refractivity contribution is 7.80. The molecule has 0 aliphatic rings. The van der Waals surface area contributed by atoms with Crippen LogP contribution in [-0.4, -0.2) is 34.7 Å². The van der Waals surface area contributed by atoms with Crippen molar-refractivity contribution in [3.63, 3.8) is 0 Å². The number of carbonyl (C=O) groups is 2. The van der Waals surface area contributed by atoms with Gasteiger partial charge in [0, 0.05) is 17.9 Å². The summed E-state index contributed by atoms with van der Waals surface area (Å²) in [6.45, 7) is 10.8. The average Bonchev–Trinajstić information content (AvgIpc) is 2.81. The number of rotatable bonds is 7. The summed E-state index contributed by atoms with van der Waals surface area (Å²) in [7, 11) is 0. The van der Waals surface area contributed by atoms with Crippen molar-refractivity contribution >= 4 is 29.2 Å². The molecule has 0 aliphatic heterocycles. The van der Waals surface area contributed by atoms with E-state index in [9.17, 15) is 9.59 Å². The fraction of sp³-hybridized carbons (Fsp3) is 0.588. The van der Waals surface area contributed by atoms with E-state index in [2.05, 4.69) is 30.0 Å². The normalized spacial score (nSPS) is 10.5. The van der Waals surface area contributed by atoms with Gasteiger partial charge in [0.25, 0.3) is 5.91 Å². The Balaban J connectivity index is 2.54. The first-order chi connectivity index (χ1) is 11.8. The summed E-state index contributed by atoms with van der Waals surface area (Å²) in [6.07, 6.45) is 0.994.